The highest BCUT2D eigenvalue weighted by atomic mass is 16.3. The van der Waals surface area contributed by atoms with E-state index in [1.165, 1.54) is 5.57 Å². The molecule has 1 saturated carbocycles. The monoisotopic (exact) mass is 182 g/mol. The SMILES string of the molecule is CC(C)=CC1C(C)CC(O)CC1C. The van der Waals surface area contributed by atoms with Crippen molar-refractivity contribution in [3.05, 3.63) is 11.6 Å². The maximum absolute atomic E-state index is 9.58. The highest BCUT2D eigenvalue weighted by Gasteiger charge is 2.30. The van der Waals surface area contributed by atoms with Crippen LogP contribution in [0.25, 0.3) is 0 Å². The lowest BCUT2D eigenvalue weighted by atomic mass is 9.72. The third-order valence-electron chi connectivity index (χ3n) is 3.13. The van der Waals surface area contributed by atoms with Gasteiger partial charge in [-0.2, -0.15) is 0 Å². The van der Waals surface area contributed by atoms with Gasteiger partial charge in [-0.25, -0.2) is 0 Å². The minimum absolute atomic E-state index is 0.0631. The smallest absolute Gasteiger partial charge is 0.0545 e. The molecule has 0 aromatic heterocycles. The van der Waals surface area contributed by atoms with E-state index in [-0.39, 0.29) is 6.10 Å². The van der Waals surface area contributed by atoms with E-state index in [1.807, 2.05) is 0 Å². The number of hydrogen-bond acceptors (Lipinski definition) is 1. The molecule has 76 valence electrons. The number of hydrogen-bond donors (Lipinski definition) is 1. The molecule has 2 unspecified atom stereocenters. The van der Waals surface area contributed by atoms with Gasteiger partial charge in [0.25, 0.3) is 0 Å². The highest BCUT2D eigenvalue weighted by Crippen LogP contribution is 2.35. The molecule has 0 aromatic carbocycles. The third kappa shape index (κ3) is 2.84. The summed E-state index contributed by atoms with van der Waals surface area (Å²) in [5.41, 5.74) is 1.40. The summed E-state index contributed by atoms with van der Waals surface area (Å²) in [6.07, 6.45) is 4.26. The second-order valence-corrected chi connectivity index (χ2v) is 4.90. The van der Waals surface area contributed by atoms with Gasteiger partial charge < -0.3 is 5.11 Å². The summed E-state index contributed by atoms with van der Waals surface area (Å²) in [4.78, 5) is 0. The zero-order chi connectivity index (χ0) is 10.0. The van der Waals surface area contributed by atoms with Crippen molar-refractivity contribution >= 4 is 0 Å². The Balaban J connectivity index is 2.67. The van der Waals surface area contributed by atoms with Gasteiger partial charge in [0.15, 0.2) is 0 Å². The van der Waals surface area contributed by atoms with Gasteiger partial charge in [-0.1, -0.05) is 25.5 Å². The summed E-state index contributed by atoms with van der Waals surface area (Å²) in [6, 6.07) is 0. The molecule has 0 bridgehead atoms. The third-order valence-corrected chi connectivity index (χ3v) is 3.13. The fraction of sp³-hybridized carbons (Fsp3) is 0.833. The average molecular weight is 182 g/mol. The van der Waals surface area contributed by atoms with E-state index < -0.39 is 0 Å². The van der Waals surface area contributed by atoms with Crippen LogP contribution in [-0.2, 0) is 0 Å². The van der Waals surface area contributed by atoms with Crippen LogP contribution in [0.3, 0.4) is 0 Å². The molecule has 1 rings (SSSR count). The number of rotatable bonds is 1. The van der Waals surface area contributed by atoms with Crippen LogP contribution < -0.4 is 0 Å². The Morgan fingerprint density at radius 3 is 2.00 bits per heavy atom. The molecular formula is C12H22O. The predicted octanol–water partition coefficient (Wildman–Crippen LogP) is 3.00. The van der Waals surface area contributed by atoms with Crippen LogP contribution in [0.5, 0.6) is 0 Å². The van der Waals surface area contributed by atoms with E-state index in [9.17, 15) is 5.11 Å². The Labute approximate surface area is 81.9 Å². The number of aliphatic hydroxyl groups excluding tert-OH is 1. The lowest BCUT2D eigenvalue weighted by Gasteiger charge is -2.35. The predicted molar refractivity (Wildman–Crippen MR) is 56.5 cm³/mol. The number of allylic oxidation sites excluding steroid dienone is 2. The molecule has 1 aliphatic rings. The van der Waals surface area contributed by atoms with Crippen LogP contribution in [0.1, 0.15) is 40.5 Å². The minimum Gasteiger partial charge on any atom is -0.393 e. The summed E-state index contributed by atoms with van der Waals surface area (Å²) in [6.45, 7) is 8.82. The van der Waals surface area contributed by atoms with E-state index >= 15 is 0 Å². The van der Waals surface area contributed by atoms with Crippen LogP contribution in [0.15, 0.2) is 11.6 Å². The van der Waals surface area contributed by atoms with Gasteiger partial charge in [-0.05, 0) is 44.4 Å². The van der Waals surface area contributed by atoms with Crippen LogP contribution in [-0.4, -0.2) is 11.2 Å². The molecule has 13 heavy (non-hydrogen) atoms. The zero-order valence-electron chi connectivity index (χ0n) is 9.25. The Hall–Kier alpha value is -0.300. The van der Waals surface area contributed by atoms with Gasteiger partial charge in [0.1, 0.15) is 0 Å². The van der Waals surface area contributed by atoms with Gasteiger partial charge in [-0.15, -0.1) is 0 Å². The zero-order valence-corrected chi connectivity index (χ0v) is 9.25. The molecule has 1 N–H and O–H groups in total. The normalized spacial score (nSPS) is 40.1. The van der Waals surface area contributed by atoms with Crippen molar-refractivity contribution in [2.24, 2.45) is 17.8 Å². The Bertz CT molecular complexity index is 179. The van der Waals surface area contributed by atoms with E-state index in [0.717, 1.165) is 12.8 Å². The molecule has 0 aromatic rings. The Kier molecular flexibility index (Phi) is 3.55. The molecule has 1 aliphatic carbocycles. The molecule has 1 fully saturated rings. The highest BCUT2D eigenvalue weighted by molar-refractivity contribution is 5.02. The van der Waals surface area contributed by atoms with Crippen LogP contribution in [0, 0.1) is 17.8 Å². The minimum atomic E-state index is -0.0631. The second kappa shape index (κ2) is 4.28. The van der Waals surface area contributed by atoms with Gasteiger partial charge in [-0.3, -0.25) is 0 Å². The van der Waals surface area contributed by atoms with Crippen molar-refractivity contribution in [3.63, 3.8) is 0 Å². The fourth-order valence-corrected chi connectivity index (χ4v) is 2.54. The lowest BCUT2D eigenvalue weighted by molar-refractivity contribution is 0.0559. The summed E-state index contributed by atoms with van der Waals surface area (Å²) in [7, 11) is 0. The molecule has 0 radical (unpaired) electrons. The van der Waals surface area contributed by atoms with Crippen LogP contribution >= 0.6 is 0 Å². The van der Waals surface area contributed by atoms with Gasteiger partial charge in [0.2, 0.25) is 0 Å². The maximum atomic E-state index is 9.58. The summed E-state index contributed by atoms with van der Waals surface area (Å²) in [5, 5.41) is 9.58. The molecular weight excluding hydrogens is 160 g/mol. The first kappa shape index (κ1) is 10.8. The van der Waals surface area contributed by atoms with Crippen molar-refractivity contribution in [2.75, 3.05) is 0 Å². The fourth-order valence-electron chi connectivity index (χ4n) is 2.54. The average Bonchev–Trinajstić information content (AvgIpc) is 1.96. The standard InChI is InChI=1S/C12H22O/c1-8(2)5-12-9(3)6-11(13)7-10(12)4/h5,9-13H,6-7H2,1-4H3. The van der Waals surface area contributed by atoms with Crippen LogP contribution in [0.2, 0.25) is 0 Å². The summed E-state index contributed by atoms with van der Waals surface area (Å²) >= 11 is 0. The maximum Gasteiger partial charge on any atom is 0.0545 e. The second-order valence-electron chi connectivity index (χ2n) is 4.90. The quantitative estimate of drug-likeness (QED) is 0.618. The molecule has 0 aliphatic heterocycles. The molecule has 0 spiro atoms. The summed E-state index contributed by atoms with van der Waals surface area (Å²) < 4.78 is 0. The number of aliphatic hydroxyl groups is 1. The van der Waals surface area contributed by atoms with Crippen molar-refractivity contribution < 1.29 is 5.11 Å². The summed E-state index contributed by atoms with van der Waals surface area (Å²) in [5.74, 6) is 1.94. The van der Waals surface area contributed by atoms with E-state index in [1.54, 1.807) is 0 Å². The van der Waals surface area contributed by atoms with E-state index in [4.69, 9.17) is 0 Å². The topological polar surface area (TPSA) is 20.2 Å². The Morgan fingerprint density at radius 1 is 1.15 bits per heavy atom. The molecule has 1 heteroatoms. The van der Waals surface area contributed by atoms with Gasteiger partial charge >= 0.3 is 0 Å². The van der Waals surface area contributed by atoms with E-state index in [0.29, 0.717) is 17.8 Å². The first-order valence-electron chi connectivity index (χ1n) is 5.33. The molecule has 0 amide bonds. The van der Waals surface area contributed by atoms with E-state index in [2.05, 4.69) is 33.8 Å². The molecule has 1 nitrogen and oxygen atoms in total. The first-order valence-corrected chi connectivity index (χ1v) is 5.33. The molecule has 0 heterocycles. The lowest BCUT2D eigenvalue weighted by Crippen LogP contribution is -2.31. The van der Waals surface area contributed by atoms with Gasteiger partial charge in [0.05, 0.1) is 6.10 Å². The van der Waals surface area contributed by atoms with Crippen LogP contribution in [0.4, 0.5) is 0 Å². The molecule has 0 saturated heterocycles. The first-order chi connectivity index (χ1) is 6.00. The largest absolute Gasteiger partial charge is 0.393 e. The van der Waals surface area contributed by atoms with Crippen molar-refractivity contribution in [1.82, 2.24) is 0 Å². The Morgan fingerprint density at radius 2 is 1.62 bits per heavy atom. The molecule has 2 atom stereocenters. The van der Waals surface area contributed by atoms with Gasteiger partial charge in [0, 0.05) is 0 Å². The van der Waals surface area contributed by atoms with Crippen molar-refractivity contribution in [2.45, 2.75) is 46.6 Å². The van der Waals surface area contributed by atoms with Crippen molar-refractivity contribution in [1.29, 1.82) is 0 Å². The van der Waals surface area contributed by atoms with Crippen molar-refractivity contribution in [3.8, 4) is 0 Å².